The highest BCUT2D eigenvalue weighted by atomic mass is 16.5. The van der Waals surface area contributed by atoms with Crippen LogP contribution in [0.2, 0.25) is 0 Å². The van der Waals surface area contributed by atoms with Crippen molar-refractivity contribution in [1.29, 1.82) is 0 Å². The summed E-state index contributed by atoms with van der Waals surface area (Å²) in [4.78, 5) is 17.2. The number of nitrogens with one attached hydrogen (secondary N) is 1. The maximum Gasteiger partial charge on any atom is 0.236 e. The average Bonchev–Trinajstić information content (AvgIpc) is 2.71. The number of pyridine rings is 1. The highest BCUT2D eigenvalue weighted by molar-refractivity contribution is 5.98. The van der Waals surface area contributed by atoms with Gasteiger partial charge < -0.3 is 14.8 Å². The number of hydrogen-bond acceptors (Lipinski definition) is 4. The molecule has 138 valence electrons. The van der Waals surface area contributed by atoms with Crippen molar-refractivity contribution in [3.8, 4) is 5.88 Å². The Labute approximate surface area is 159 Å². The molecule has 27 heavy (non-hydrogen) atoms. The average molecular weight is 362 g/mol. The van der Waals surface area contributed by atoms with Crippen molar-refractivity contribution in [3.63, 3.8) is 0 Å². The van der Waals surface area contributed by atoms with E-state index in [0.717, 1.165) is 11.1 Å². The topological polar surface area (TPSA) is 60.5 Å². The van der Waals surface area contributed by atoms with Crippen LogP contribution in [0, 0.1) is 0 Å². The fourth-order valence-electron chi connectivity index (χ4n) is 2.77. The predicted molar refractivity (Wildman–Crippen MR) is 105 cm³/mol. The van der Waals surface area contributed by atoms with Crippen molar-refractivity contribution < 1.29 is 14.3 Å². The summed E-state index contributed by atoms with van der Waals surface area (Å²) < 4.78 is 10.4. The number of ether oxygens (including phenoxy) is 2. The van der Waals surface area contributed by atoms with Crippen molar-refractivity contribution in [2.24, 2.45) is 0 Å². The van der Waals surface area contributed by atoms with Gasteiger partial charge >= 0.3 is 0 Å². The molecule has 0 bridgehead atoms. The number of anilines is 1. The lowest BCUT2D eigenvalue weighted by Gasteiger charge is -2.18. The van der Waals surface area contributed by atoms with E-state index < -0.39 is 5.92 Å². The van der Waals surface area contributed by atoms with E-state index in [1.807, 2.05) is 60.7 Å². The van der Waals surface area contributed by atoms with Crippen molar-refractivity contribution in [3.05, 3.63) is 90.1 Å². The molecule has 1 heterocycles. The summed E-state index contributed by atoms with van der Waals surface area (Å²) in [5.74, 6) is -0.0139. The zero-order valence-electron chi connectivity index (χ0n) is 15.2. The minimum absolute atomic E-state index is 0.109. The molecule has 0 saturated carbocycles. The van der Waals surface area contributed by atoms with E-state index in [9.17, 15) is 4.79 Å². The molecule has 1 amide bonds. The van der Waals surface area contributed by atoms with Crippen molar-refractivity contribution in [1.82, 2.24) is 4.98 Å². The molecule has 0 spiro atoms. The minimum Gasteiger partial charge on any atom is -0.475 e. The fraction of sp³-hybridized carbons (Fsp3) is 0.182. The maximum atomic E-state index is 13.0. The quantitative estimate of drug-likeness (QED) is 0.618. The zero-order valence-corrected chi connectivity index (χ0v) is 15.2. The van der Waals surface area contributed by atoms with Crippen LogP contribution in [0.5, 0.6) is 5.88 Å². The summed E-state index contributed by atoms with van der Waals surface area (Å²) in [6, 6.07) is 23.0. The molecule has 0 unspecified atom stereocenters. The SMILES string of the molecule is COCCOc1ccc(NC(=O)C(c2ccccc2)c2ccccc2)cn1. The predicted octanol–water partition coefficient (Wildman–Crippen LogP) is 3.88. The lowest BCUT2D eigenvalue weighted by atomic mass is 9.90. The molecular formula is C22H22N2O3. The number of benzene rings is 2. The first-order valence-corrected chi connectivity index (χ1v) is 8.76. The van der Waals surface area contributed by atoms with Crippen molar-refractivity contribution in [2.75, 3.05) is 25.6 Å². The Morgan fingerprint density at radius 2 is 1.56 bits per heavy atom. The molecule has 0 radical (unpaired) electrons. The third kappa shape index (κ3) is 5.15. The highest BCUT2D eigenvalue weighted by Gasteiger charge is 2.22. The Morgan fingerprint density at radius 3 is 2.07 bits per heavy atom. The number of amides is 1. The largest absolute Gasteiger partial charge is 0.475 e. The molecule has 0 aliphatic carbocycles. The van der Waals surface area contributed by atoms with Crippen molar-refractivity contribution in [2.45, 2.75) is 5.92 Å². The number of carbonyl (C=O) groups excluding carboxylic acids is 1. The molecule has 5 heteroatoms. The van der Waals surface area contributed by atoms with Gasteiger partial charge in [0.2, 0.25) is 11.8 Å². The van der Waals surface area contributed by atoms with Crippen LogP contribution in [0.15, 0.2) is 79.0 Å². The Morgan fingerprint density at radius 1 is 0.926 bits per heavy atom. The summed E-state index contributed by atoms with van der Waals surface area (Å²) in [6.07, 6.45) is 1.59. The van der Waals surface area contributed by atoms with Crippen LogP contribution in [0.3, 0.4) is 0 Å². The highest BCUT2D eigenvalue weighted by Crippen LogP contribution is 2.26. The van der Waals surface area contributed by atoms with E-state index in [1.54, 1.807) is 25.4 Å². The van der Waals surface area contributed by atoms with Gasteiger partial charge in [-0.1, -0.05) is 60.7 Å². The van der Waals surface area contributed by atoms with E-state index in [0.29, 0.717) is 24.8 Å². The van der Waals surface area contributed by atoms with Gasteiger partial charge in [0, 0.05) is 13.2 Å². The van der Waals surface area contributed by atoms with E-state index in [-0.39, 0.29) is 5.91 Å². The monoisotopic (exact) mass is 362 g/mol. The van der Waals surface area contributed by atoms with E-state index >= 15 is 0 Å². The van der Waals surface area contributed by atoms with Crippen LogP contribution in [0.25, 0.3) is 0 Å². The van der Waals surface area contributed by atoms with Gasteiger partial charge in [-0.25, -0.2) is 4.98 Å². The molecular weight excluding hydrogens is 340 g/mol. The third-order valence-corrected chi connectivity index (χ3v) is 4.07. The summed E-state index contributed by atoms with van der Waals surface area (Å²) >= 11 is 0. The lowest BCUT2D eigenvalue weighted by molar-refractivity contribution is -0.116. The second kappa shape index (κ2) is 9.50. The first-order chi connectivity index (χ1) is 13.3. The smallest absolute Gasteiger partial charge is 0.236 e. The van der Waals surface area contributed by atoms with E-state index in [1.165, 1.54) is 0 Å². The van der Waals surface area contributed by atoms with Crippen LogP contribution in [0.4, 0.5) is 5.69 Å². The number of carbonyl (C=O) groups is 1. The Hall–Kier alpha value is -3.18. The Kier molecular flexibility index (Phi) is 6.55. The van der Waals surface area contributed by atoms with Gasteiger partial charge in [-0.15, -0.1) is 0 Å². The molecule has 5 nitrogen and oxygen atoms in total. The normalized spacial score (nSPS) is 10.6. The van der Waals surface area contributed by atoms with Crippen LogP contribution >= 0.6 is 0 Å². The summed E-state index contributed by atoms with van der Waals surface area (Å²) in [5, 5.41) is 2.95. The molecule has 3 aromatic rings. The van der Waals surface area contributed by atoms with Gasteiger partial charge in [-0.05, 0) is 17.2 Å². The van der Waals surface area contributed by atoms with Crippen LogP contribution in [-0.4, -0.2) is 31.2 Å². The fourth-order valence-corrected chi connectivity index (χ4v) is 2.77. The summed E-state index contributed by atoms with van der Waals surface area (Å²) in [7, 11) is 1.62. The van der Waals surface area contributed by atoms with Gasteiger partial charge in [0.05, 0.1) is 24.4 Å². The molecule has 0 saturated heterocycles. The number of aromatic nitrogens is 1. The van der Waals surface area contributed by atoms with Gasteiger partial charge in [-0.2, -0.15) is 0 Å². The number of nitrogens with zero attached hydrogens (tertiary/aromatic N) is 1. The van der Waals surface area contributed by atoms with Gasteiger partial charge in [0.25, 0.3) is 0 Å². The van der Waals surface area contributed by atoms with Gasteiger partial charge in [0.1, 0.15) is 6.61 Å². The second-order valence-electron chi connectivity index (χ2n) is 5.97. The summed E-state index contributed by atoms with van der Waals surface area (Å²) in [5.41, 5.74) is 2.50. The van der Waals surface area contributed by atoms with Crippen LogP contribution in [-0.2, 0) is 9.53 Å². The zero-order chi connectivity index (χ0) is 18.9. The summed E-state index contributed by atoms with van der Waals surface area (Å²) in [6.45, 7) is 0.926. The molecule has 2 aromatic carbocycles. The first-order valence-electron chi connectivity index (χ1n) is 8.76. The minimum atomic E-state index is -0.398. The number of rotatable bonds is 8. The Balaban J connectivity index is 1.75. The molecule has 3 rings (SSSR count). The molecule has 0 fully saturated rings. The lowest BCUT2D eigenvalue weighted by Crippen LogP contribution is -2.22. The van der Waals surface area contributed by atoms with Crippen LogP contribution < -0.4 is 10.1 Å². The molecule has 1 N–H and O–H groups in total. The second-order valence-corrected chi connectivity index (χ2v) is 5.97. The standard InChI is InChI=1S/C22H22N2O3/c1-26-14-15-27-20-13-12-19(16-23-20)24-22(25)21(17-8-4-2-5-9-17)18-10-6-3-7-11-18/h2-13,16,21H,14-15H2,1H3,(H,24,25). The number of hydrogen-bond donors (Lipinski definition) is 1. The number of methoxy groups -OCH3 is 1. The Bertz CT molecular complexity index is 797. The van der Waals surface area contributed by atoms with Crippen LogP contribution in [0.1, 0.15) is 17.0 Å². The van der Waals surface area contributed by atoms with E-state index in [4.69, 9.17) is 9.47 Å². The van der Waals surface area contributed by atoms with Crippen molar-refractivity contribution >= 4 is 11.6 Å². The third-order valence-electron chi connectivity index (χ3n) is 4.07. The van der Waals surface area contributed by atoms with E-state index in [2.05, 4.69) is 10.3 Å². The molecule has 0 atom stereocenters. The molecule has 1 aromatic heterocycles. The van der Waals surface area contributed by atoms with Gasteiger partial charge in [-0.3, -0.25) is 4.79 Å². The van der Waals surface area contributed by atoms with Gasteiger partial charge in [0.15, 0.2) is 0 Å². The molecule has 0 aliphatic heterocycles. The first kappa shape index (κ1) is 18.6. The molecule has 0 aliphatic rings. The maximum absolute atomic E-state index is 13.0.